The number of carboxylic acid groups (broad SMARTS) is 1. The predicted molar refractivity (Wildman–Crippen MR) is 107 cm³/mol. The van der Waals surface area contributed by atoms with Gasteiger partial charge in [-0.3, -0.25) is 0 Å². The first-order valence-corrected chi connectivity index (χ1v) is 10.4. The second-order valence-electron chi connectivity index (χ2n) is 6.07. The second-order valence-corrected chi connectivity index (χ2v) is 8.21. The van der Waals surface area contributed by atoms with Gasteiger partial charge in [-0.25, -0.2) is 22.9 Å². The monoisotopic (exact) mass is 475 g/mol. The molecule has 31 heavy (non-hydrogen) atoms. The van der Waals surface area contributed by atoms with Gasteiger partial charge in [0.25, 0.3) is 0 Å². The maximum atomic E-state index is 12.3. The number of hydrogen-bond donors (Lipinski definition) is 2. The summed E-state index contributed by atoms with van der Waals surface area (Å²) in [7, 11) is -3.65. The van der Waals surface area contributed by atoms with E-state index in [0.29, 0.717) is 0 Å². The Kier molecular flexibility index (Phi) is 7.82. The van der Waals surface area contributed by atoms with E-state index in [0.717, 1.165) is 17.1 Å². The van der Waals surface area contributed by atoms with E-state index in [2.05, 4.69) is 9.71 Å². The van der Waals surface area contributed by atoms with Crippen LogP contribution in [0.3, 0.4) is 0 Å². The highest BCUT2D eigenvalue weighted by Gasteiger charge is 2.38. The molecule has 3 aromatic rings. The molecule has 0 spiro atoms. The van der Waals surface area contributed by atoms with Crippen molar-refractivity contribution in [3.8, 4) is 5.69 Å². The number of benzene rings is 2. The number of carboxylic acids is 1. The molecule has 2 aromatic carbocycles. The first kappa shape index (κ1) is 24.4. The van der Waals surface area contributed by atoms with E-state index in [-0.39, 0.29) is 16.5 Å². The zero-order valence-electron chi connectivity index (χ0n) is 16.0. The zero-order chi connectivity index (χ0) is 23.2. The Labute approximate surface area is 181 Å². The first-order chi connectivity index (χ1) is 14.4. The fourth-order valence-corrected chi connectivity index (χ4v) is 3.88. The minimum absolute atomic E-state index is 0.0809. The fourth-order valence-electron chi connectivity index (χ4n) is 2.34. The van der Waals surface area contributed by atoms with E-state index in [9.17, 15) is 21.6 Å². The van der Waals surface area contributed by atoms with Crippen LogP contribution in [0.15, 0.2) is 65.8 Å². The summed E-state index contributed by atoms with van der Waals surface area (Å²) in [6.45, 7) is 2.11. The SMILES string of the molecule is Cc1nccn1-c1ccc(CNS(=O)(=O)c2ccccc2Cl)cc1.O=C(O)C(F)(F)F. The number of nitrogens with zero attached hydrogens (tertiary/aromatic N) is 2. The van der Waals surface area contributed by atoms with Crippen LogP contribution in [0.5, 0.6) is 0 Å². The van der Waals surface area contributed by atoms with E-state index in [1.165, 1.54) is 6.07 Å². The van der Waals surface area contributed by atoms with Crippen molar-refractivity contribution in [3.05, 3.63) is 77.3 Å². The van der Waals surface area contributed by atoms with Crippen molar-refractivity contribution in [2.24, 2.45) is 0 Å². The van der Waals surface area contributed by atoms with Crippen LogP contribution in [-0.4, -0.2) is 35.2 Å². The van der Waals surface area contributed by atoms with Gasteiger partial charge in [-0.15, -0.1) is 0 Å². The number of aryl methyl sites for hydroxylation is 1. The number of rotatable bonds is 5. The van der Waals surface area contributed by atoms with Gasteiger partial charge in [-0.1, -0.05) is 35.9 Å². The van der Waals surface area contributed by atoms with Gasteiger partial charge in [0.05, 0.1) is 5.02 Å². The molecule has 7 nitrogen and oxygen atoms in total. The number of nitrogens with one attached hydrogen (secondary N) is 1. The highest BCUT2D eigenvalue weighted by atomic mass is 35.5. The van der Waals surface area contributed by atoms with Crippen molar-refractivity contribution in [2.75, 3.05) is 0 Å². The van der Waals surface area contributed by atoms with Gasteiger partial charge < -0.3 is 9.67 Å². The molecular formula is C19H17ClF3N3O4S. The second kappa shape index (κ2) is 9.94. The summed E-state index contributed by atoms with van der Waals surface area (Å²) in [6, 6.07) is 14.0. The molecule has 3 rings (SSSR count). The van der Waals surface area contributed by atoms with Crippen LogP contribution in [0.4, 0.5) is 13.2 Å². The fraction of sp³-hybridized carbons (Fsp3) is 0.158. The molecule has 0 unspecified atom stereocenters. The molecule has 0 aliphatic rings. The molecule has 12 heteroatoms. The lowest BCUT2D eigenvalue weighted by Crippen LogP contribution is -2.23. The molecule has 0 fully saturated rings. The average molecular weight is 476 g/mol. The Balaban J connectivity index is 0.000000423. The molecule has 0 bridgehead atoms. The Morgan fingerprint density at radius 1 is 1.16 bits per heavy atom. The van der Waals surface area contributed by atoms with Crippen molar-refractivity contribution in [2.45, 2.75) is 24.5 Å². The first-order valence-electron chi connectivity index (χ1n) is 8.55. The standard InChI is InChI=1S/C17H16ClN3O2S.C2HF3O2/c1-13-19-10-11-21(13)15-8-6-14(7-9-15)12-20-24(22,23)17-5-3-2-4-16(17)18;3-2(4,5)1(6)7/h2-11,20H,12H2,1H3;(H,6,7). The molecule has 0 aliphatic carbocycles. The number of alkyl halides is 3. The topological polar surface area (TPSA) is 101 Å². The average Bonchev–Trinajstić information content (AvgIpc) is 3.13. The minimum Gasteiger partial charge on any atom is -0.475 e. The lowest BCUT2D eigenvalue weighted by Gasteiger charge is -2.09. The smallest absolute Gasteiger partial charge is 0.475 e. The number of hydrogen-bond acceptors (Lipinski definition) is 4. The van der Waals surface area contributed by atoms with Crippen LogP contribution in [0, 0.1) is 6.92 Å². The molecule has 0 radical (unpaired) electrons. The molecular weight excluding hydrogens is 459 g/mol. The van der Waals surface area contributed by atoms with Gasteiger partial charge in [-0.2, -0.15) is 13.2 Å². The van der Waals surface area contributed by atoms with E-state index < -0.39 is 22.2 Å². The number of aromatic nitrogens is 2. The summed E-state index contributed by atoms with van der Waals surface area (Å²) >= 11 is 5.96. The maximum absolute atomic E-state index is 12.3. The zero-order valence-corrected chi connectivity index (χ0v) is 17.5. The van der Waals surface area contributed by atoms with Crippen molar-refractivity contribution >= 4 is 27.6 Å². The molecule has 0 amide bonds. The third-order valence-corrected chi connectivity index (χ3v) is 5.78. The summed E-state index contributed by atoms with van der Waals surface area (Å²) in [4.78, 5) is 13.2. The van der Waals surface area contributed by atoms with Gasteiger partial charge in [-0.05, 0) is 36.8 Å². The van der Waals surface area contributed by atoms with Crippen LogP contribution in [-0.2, 0) is 21.4 Å². The quantitative estimate of drug-likeness (QED) is 0.582. The van der Waals surface area contributed by atoms with Gasteiger partial charge in [0.15, 0.2) is 0 Å². The summed E-state index contributed by atoms with van der Waals surface area (Å²) in [5.41, 5.74) is 1.83. The normalized spacial score (nSPS) is 11.5. The van der Waals surface area contributed by atoms with Crippen LogP contribution in [0.2, 0.25) is 5.02 Å². The molecule has 1 aromatic heterocycles. The Bertz CT molecular complexity index is 1150. The summed E-state index contributed by atoms with van der Waals surface area (Å²) in [5.74, 6) is -1.87. The van der Waals surface area contributed by atoms with Crippen molar-refractivity contribution in [1.82, 2.24) is 14.3 Å². The van der Waals surface area contributed by atoms with E-state index >= 15 is 0 Å². The van der Waals surface area contributed by atoms with Gasteiger partial charge in [0.1, 0.15) is 10.7 Å². The molecule has 0 atom stereocenters. The largest absolute Gasteiger partial charge is 0.490 e. The highest BCUT2D eigenvalue weighted by Crippen LogP contribution is 2.20. The number of carbonyl (C=O) groups is 1. The van der Waals surface area contributed by atoms with Crippen LogP contribution >= 0.6 is 11.6 Å². The Morgan fingerprint density at radius 3 is 2.23 bits per heavy atom. The lowest BCUT2D eigenvalue weighted by molar-refractivity contribution is -0.192. The van der Waals surface area contributed by atoms with E-state index in [1.807, 2.05) is 42.0 Å². The number of halogens is 4. The van der Waals surface area contributed by atoms with Gasteiger partial charge >= 0.3 is 12.1 Å². The van der Waals surface area contributed by atoms with Crippen molar-refractivity contribution < 1.29 is 31.5 Å². The van der Waals surface area contributed by atoms with E-state index in [1.54, 1.807) is 24.4 Å². The number of aliphatic carboxylic acids is 1. The van der Waals surface area contributed by atoms with Crippen LogP contribution < -0.4 is 4.72 Å². The number of sulfonamides is 1. The highest BCUT2D eigenvalue weighted by molar-refractivity contribution is 7.89. The summed E-state index contributed by atoms with van der Waals surface area (Å²) < 4.78 is 60.9. The Hall–Kier alpha value is -2.89. The third-order valence-electron chi connectivity index (χ3n) is 3.88. The van der Waals surface area contributed by atoms with Crippen LogP contribution in [0.25, 0.3) is 5.69 Å². The van der Waals surface area contributed by atoms with Crippen molar-refractivity contribution in [3.63, 3.8) is 0 Å². The number of imidazole rings is 1. The van der Waals surface area contributed by atoms with E-state index in [4.69, 9.17) is 21.5 Å². The van der Waals surface area contributed by atoms with Gasteiger partial charge in [0.2, 0.25) is 10.0 Å². The molecule has 1 heterocycles. The third kappa shape index (κ3) is 6.81. The molecule has 2 N–H and O–H groups in total. The molecule has 0 saturated carbocycles. The molecule has 0 saturated heterocycles. The minimum atomic E-state index is -5.08. The predicted octanol–water partition coefficient (Wildman–Crippen LogP) is 3.95. The Morgan fingerprint density at radius 2 is 1.74 bits per heavy atom. The molecule has 0 aliphatic heterocycles. The lowest BCUT2D eigenvalue weighted by atomic mass is 10.2. The van der Waals surface area contributed by atoms with Crippen molar-refractivity contribution in [1.29, 1.82) is 0 Å². The molecule has 166 valence electrons. The van der Waals surface area contributed by atoms with Gasteiger partial charge in [0, 0.05) is 24.6 Å². The van der Waals surface area contributed by atoms with Crippen LogP contribution in [0.1, 0.15) is 11.4 Å². The summed E-state index contributed by atoms with van der Waals surface area (Å²) in [6.07, 6.45) is -1.47. The summed E-state index contributed by atoms with van der Waals surface area (Å²) in [5, 5.41) is 7.33. The maximum Gasteiger partial charge on any atom is 0.490 e.